The summed E-state index contributed by atoms with van der Waals surface area (Å²) < 4.78 is 0. The number of nitrogens with zero attached hydrogens (tertiary/aromatic N) is 1. The van der Waals surface area contributed by atoms with Gasteiger partial charge in [-0.05, 0) is 37.2 Å². The van der Waals surface area contributed by atoms with Crippen LogP contribution in [0.15, 0.2) is 24.3 Å². The Hall–Kier alpha value is -1.02. The zero-order valence-corrected chi connectivity index (χ0v) is 10.8. The Bertz CT molecular complexity index is 275. The molecule has 0 aromatic heterocycles. The average Bonchev–Trinajstić information content (AvgIpc) is 2.35. The smallest absolute Gasteiger partial charge is 0.0340 e. The average molecular weight is 220 g/mol. The van der Waals surface area contributed by atoms with Crippen molar-refractivity contribution < 1.29 is 0 Å². The molecule has 2 nitrogen and oxygen atoms in total. The maximum atomic E-state index is 3.45. The molecule has 0 bridgehead atoms. The van der Waals surface area contributed by atoms with Crippen molar-refractivity contribution in [1.29, 1.82) is 0 Å². The molecule has 1 N–H and O–H groups in total. The van der Waals surface area contributed by atoms with Crippen LogP contribution in [0.1, 0.15) is 26.3 Å². The topological polar surface area (TPSA) is 15.3 Å². The molecule has 0 fully saturated rings. The minimum Gasteiger partial charge on any atom is -0.384 e. The zero-order valence-electron chi connectivity index (χ0n) is 10.8. The lowest BCUT2D eigenvalue weighted by molar-refractivity contribution is 0.316. The molecule has 1 rings (SSSR count). The minimum absolute atomic E-state index is 1.02. The molecule has 90 valence electrons. The van der Waals surface area contributed by atoms with E-state index in [9.17, 15) is 0 Å². The number of nitrogens with one attached hydrogen (secondary N) is 1. The minimum atomic E-state index is 1.02. The Morgan fingerprint density at radius 2 is 1.62 bits per heavy atom. The predicted molar refractivity (Wildman–Crippen MR) is 72.1 cm³/mol. The van der Waals surface area contributed by atoms with E-state index >= 15 is 0 Å². The molecule has 0 unspecified atom stereocenters. The van der Waals surface area contributed by atoms with Gasteiger partial charge >= 0.3 is 0 Å². The third-order valence-corrected chi connectivity index (χ3v) is 3.01. The van der Waals surface area contributed by atoms with E-state index in [0.29, 0.717) is 0 Å². The fourth-order valence-corrected chi connectivity index (χ4v) is 1.76. The molecule has 0 aliphatic heterocycles. The van der Waals surface area contributed by atoms with E-state index in [1.807, 2.05) is 0 Å². The summed E-state index contributed by atoms with van der Waals surface area (Å²) in [6.07, 6.45) is 1.11. The molecule has 0 spiro atoms. The van der Waals surface area contributed by atoms with Crippen molar-refractivity contribution in [2.24, 2.45) is 0 Å². The summed E-state index contributed by atoms with van der Waals surface area (Å²) in [5, 5.41) is 3.45. The van der Waals surface area contributed by atoms with Gasteiger partial charge in [0.25, 0.3) is 0 Å². The van der Waals surface area contributed by atoms with E-state index in [-0.39, 0.29) is 0 Å². The van der Waals surface area contributed by atoms with Gasteiger partial charge in [-0.25, -0.2) is 0 Å². The van der Waals surface area contributed by atoms with Crippen molar-refractivity contribution in [3.8, 4) is 0 Å². The molecule has 2 heteroatoms. The van der Waals surface area contributed by atoms with E-state index in [2.05, 4.69) is 55.3 Å². The SMILES string of the molecule is CCc1ccc(NCCN(CC)CC)cc1. The summed E-state index contributed by atoms with van der Waals surface area (Å²) >= 11 is 0. The number of benzene rings is 1. The largest absolute Gasteiger partial charge is 0.384 e. The number of rotatable bonds is 7. The summed E-state index contributed by atoms with van der Waals surface area (Å²) in [6.45, 7) is 11.0. The second-order valence-electron chi connectivity index (χ2n) is 4.00. The van der Waals surface area contributed by atoms with Crippen molar-refractivity contribution in [3.05, 3.63) is 29.8 Å². The third kappa shape index (κ3) is 4.23. The maximum Gasteiger partial charge on any atom is 0.0340 e. The first kappa shape index (κ1) is 13.0. The van der Waals surface area contributed by atoms with E-state index in [0.717, 1.165) is 32.6 Å². The fraction of sp³-hybridized carbons (Fsp3) is 0.571. The van der Waals surface area contributed by atoms with Crippen LogP contribution in [0.25, 0.3) is 0 Å². The molecule has 0 aliphatic rings. The second-order valence-corrected chi connectivity index (χ2v) is 4.00. The Morgan fingerprint density at radius 3 is 2.12 bits per heavy atom. The van der Waals surface area contributed by atoms with Gasteiger partial charge in [-0.3, -0.25) is 0 Å². The van der Waals surface area contributed by atoms with Crippen LogP contribution in [0.2, 0.25) is 0 Å². The van der Waals surface area contributed by atoms with Gasteiger partial charge in [-0.1, -0.05) is 32.9 Å². The highest BCUT2D eigenvalue weighted by atomic mass is 15.1. The highest BCUT2D eigenvalue weighted by Crippen LogP contribution is 2.09. The van der Waals surface area contributed by atoms with Gasteiger partial charge in [0.2, 0.25) is 0 Å². The molecule has 0 saturated carbocycles. The summed E-state index contributed by atoms with van der Waals surface area (Å²) in [5.41, 5.74) is 2.62. The first-order valence-electron chi connectivity index (χ1n) is 6.35. The van der Waals surface area contributed by atoms with Crippen LogP contribution in [0.5, 0.6) is 0 Å². The normalized spacial score (nSPS) is 10.8. The lowest BCUT2D eigenvalue weighted by atomic mass is 10.1. The summed E-state index contributed by atoms with van der Waals surface area (Å²) in [5.74, 6) is 0. The van der Waals surface area contributed by atoms with Crippen LogP contribution < -0.4 is 5.32 Å². The molecule has 1 aromatic carbocycles. The Balaban J connectivity index is 2.31. The summed E-state index contributed by atoms with van der Waals surface area (Å²) in [6, 6.07) is 8.72. The van der Waals surface area contributed by atoms with E-state index in [1.54, 1.807) is 0 Å². The lowest BCUT2D eigenvalue weighted by Crippen LogP contribution is -2.28. The van der Waals surface area contributed by atoms with Crippen LogP contribution >= 0.6 is 0 Å². The quantitative estimate of drug-likeness (QED) is 0.760. The number of anilines is 1. The standard InChI is InChI=1S/C14H24N2/c1-4-13-7-9-14(10-8-13)15-11-12-16(5-2)6-3/h7-10,15H,4-6,11-12H2,1-3H3. The van der Waals surface area contributed by atoms with Crippen molar-refractivity contribution in [2.45, 2.75) is 27.2 Å². The van der Waals surface area contributed by atoms with Crippen molar-refractivity contribution in [1.82, 2.24) is 4.90 Å². The van der Waals surface area contributed by atoms with Gasteiger partial charge in [-0.15, -0.1) is 0 Å². The van der Waals surface area contributed by atoms with Gasteiger partial charge < -0.3 is 10.2 Å². The Morgan fingerprint density at radius 1 is 1.00 bits per heavy atom. The molecule has 0 amide bonds. The molecule has 1 aromatic rings. The van der Waals surface area contributed by atoms with Crippen molar-refractivity contribution in [3.63, 3.8) is 0 Å². The predicted octanol–water partition coefficient (Wildman–Crippen LogP) is 3.00. The summed E-state index contributed by atoms with van der Waals surface area (Å²) in [4.78, 5) is 2.42. The summed E-state index contributed by atoms with van der Waals surface area (Å²) in [7, 11) is 0. The molecule has 16 heavy (non-hydrogen) atoms. The highest BCUT2D eigenvalue weighted by molar-refractivity contribution is 5.44. The van der Waals surface area contributed by atoms with Crippen LogP contribution in [-0.4, -0.2) is 31.1 Å². The fourth-order valence-electron chi connectivity index (χ4n) is 1.76. The lowest BCUT2D eigenvalue weighted by Gasteiger charge is -2.18. The van der Waals surface area contributed by atoms with Gasteiger partial charge in [0.05, 0.1) is 0 Å². The van der Waals surface area contributed by atoms with E-state index in [1.165, 1.54) is 11.3 Å². The Labute approximate surface area is 99.7 Å². The molecule has 0 saturated heterocycles. The molecular formula is C14H24N2. The van der Waals surface area contributed by atoms with Gasteiger partial charge in [0.1, 0.15) is 0 Å². The Kier molecular flexibility index (Phi) is 5.94. The number of likely N-dealkylation sites (N-methyl/N-ethyl adjacent to an activating group) is 1. The third-order valence-electron chi connectivity index (χ3n) is 3.01. The van der Waals surface area contributed by atoms with Crippen LogP contribution in [0.4, 0.5) is 5.69 Å². The van der Waals surface area contributed by atoms with Crippen molar-refractivity contribution >= 4 is 5.69 Å². The van der Waals surface area contributed by atoms with E-state index in [4.69, 9.17) is 0 Å². The van der Waals surface area contributed by atoms with Gasteiger partial charge in [0, 0.05) is 18.8 Å². The van der Waals surface area contributed by atoms with Crippen molar-refractivity contribution in [2.75, 3.05) is 31.5 Å². The first-order chi connectivity index (χ1) is 7.80. The maximum absolute atomic E-state index is 3.45. The molecular weight excluding hydrogens is 196 g/mol. The first-order valence-corrected chi connectivity index (χ1v) is 6.35. The zero-order chi connectivity index (χ0) is 11.8. The molecule has 0 aliphatic carbocycles. The number of hydrogen-bond acceptors (Lipinski definition) is 2. The molecule has 0 heterocycles. The number of aryl methyl sites for hydroxylation is 1. The van der Waals surface area contributed by atoms with Gasteiger partial charge in [0.15, 0.2) is 0 Å². The highest BCUT2D eigenvalue weighted by Gasteiger charge is 1.98. The molecule has 0 atom stereocenters. The van der Waals surface area contributed by atoms with Crippen LogP contribution in [0, 0.1) is 0 Å². The van der Waals surface area contributed by atoms with Crippen LogP contribution in [-0.2, 0) is 6.42 Å². The van der Waals surface area contributed by atoms with Gasteiger partial charge in [-0.2, -0.15) is 0 Å². The monoisotopic (exact) mass is 220 g/mol. The molecule has 0 radical (unpaired) electrons. The number of hydrogen-bond donors (Lipinski definition) is 1. The van der Waals surface area contributed by atoms with E-state index < -0.39 is 0 Å². The van der Waals surface area contributed by atoms with Crippen LogP contribution in [0.3, 0.4) is 0 Å². The second kappa shape index (κ2) is 7.29.